The smallest absolute Gasteiger partial charge is 0.265 e. The molecule has 6 nitrogen and oxygen atoms in total. The van der Waals surface area contributed by atoms with Gasteiger partial charge >= 0.3 is 0 Å². The van der Waals surface area contributed by atoms with Crippen molar-refractivity contribution in [1.82, 2.24) is 10.2 Å². The number of carbonyl (C=O) groups excluding carboxylic acids is 1. The molecule has 26 heavy (non-hydrogen) atoms. The van der Waals surface area contributed by atoms with Gasteiger partial charge in [-0.2, -0.15) is 0 Å². The highest BCUT2D eigenvalue weighted by Crippen LogP contribution is 2.34. The van der Waals surface area contributed by atoms with Crippen LogP contribution in [-0.4, -0.2) is 69.4 Å². The number of morpholine rings is 1. The molecule has 1 amide bonds. The summed E-state index contributed by atoms with van der Waals surface area (Å²) in [5, 5.41) is 3.43. The van der Waals surface area contributed by atoms with Crippen LogP contribution in [0.3, 0.4) is 0 Å². The molecule has 0 spiro atoms. The number of nitrogens with zero attached hydrogens (tertiary/aromatic N) is 2. The highest BCUT2D eigenvalue weighted by atomic mass is 35.5. The van der Waals surface area contributed by atoms with Crippen molar-refractivity contribution in [3.63, 3.8) is 0 Å². The summed E-state index contributed by atoms with van der Waals surface area (Å²) in [6.45, 7) is 6.37. The van der Waals surface area contributed by atoms with Gasteiger partial charge in [0.05, 0.1) is 25.4 Å². The zero-order chi connectivity index (χ0) is 17.1. The number of rotatable bonds is 3. The average molecular weight is 382 g/mol. The maximum absolute atomic E-state index is 12.9. The highest BCUT2D eigenvalue weighted by molar-refractivity contribution is 5.85. The third-order valence-electron chi connectivity index (χ3n) is 5.40. The van der Waals surface area contributed by atoms with Crippen LogP contribution >= 0.6 is 12.4 Å². The molecule has 0 saturated carbocycles. The maximum atomic E-state index is 12.9. The summed E-state index contributed by atoms with van der Waals surface area (Å²) in [6.07, 6.45) is 1.97. The fraction of sp³-hybridized carbons (Fsp3) is 0.632. The van der Waals surface area contributed by atoms with Crippen molar-refractivity contribution < 1.29 is 14.3 Å². The maximum Gasteiger partial charge on any atom is 0.265 e. The van der Waals surface area contributed by atoms with Crippen LogP contribution in [0.2, 0.25) is 0 Å². The summed E-state index contributed by atoms with van der Waals surface area (Å²) in [7, 11) is 0. The number of fused-ring (bicyclic) bond motifs is 1. The molecule has 2 fully saturated rings. The number of hydrogen-bond acceptors (Lipinski definition) is 5. The Kier molecular flexibility index (Phi) is 6.62. The van der Waals surface area contributed by atoms with E-state index in [0.717, 1.165) is 31.1 Å². The van der Waals surface area contributed by atoms with Gasteiger partial charge in [0.15, 0.2) is 6.10 Å². The van der Waals surface area contributed by atoms with E-state index in [4.69, 9.17) is 9.47 Å². The lowest BCUT2D eigenvalue weighted by Crippen LogP contribution is -2.53. The molecule has 2 saturated heterocycles. The van der Waals surface area contributed by atoms with Gasteiger partial charge < -0.3 is 24.6 Å². The van der Waals surface area contributed by atoms with Crippen LogP contribution in [0, 0.1) is 5.92 Å². The van der Waals surface area contributed by atoms with Gasteiger partial charge in [-0.15, -0.1) is 12.4 Å². The molecule has 1 aromatic rings. The predicted octanol–water partition coefficient (Wildman–Crippen LogP) is 1.53. The summed E-state index contributed by atoms with van der Waals surface area (Å²) in [5.74, 6) is 1.59. The second-order valence-electron chi connectivity index (χ2n) is 7.11. The minimum absolute atomic E-state index is 0. The molecule has 3 heterocycles. The topological polar surface area (TPSA) is 54.0 Å². The van der Waals surface area contributed by atoms with Crippen LogP contribution in [-0.2, 0) is 9.53 Å². The molecule has 144 valence electrons. The molecule has 3 aliphatic rings. The Hall–Kier alpha value is -1.50. The van der Waals surface area contributed by atoms with Gasteiger partial charge in [-0.3, -0.25) is 4.79 Å². The van der Waals surface area contributed by atoms with Crippen molar-refractivity contribution in [3.05, 3.63) is 24.3 Å². The van der Waals surface area contributed by atoms with E-state index in [-0.39, 0.29) is 18.3 Å². The standard InChI is InChI=1S/C19H27N3O3.ClH/c23-19(21-9-11-24-12-10-21)18-14-22(13-15-5-7-20-8-6-15)16-3-1-2-4-17(16)25-18;/h1-4,15,18,20H,5-14H2;1H. The number of ether oxygens (including phenoxy) is 2. The van der Waals surface area contributed by atoms with Crippen molar-refractivity contribution in [3.8, 4) is 5.75 Å². The summed E-state index contributed by atoms with van der Waals surface area (Å²) in [5.41, 5.74) is 1.12. The van der Waals surface area contributed by atoms with Crippen molar-refractivity contribution in [2.45, 2.75) is 18.9 Å². The molecule has 7 heteroatoms. The largest absolute Gasteiger partial charge is 0.477 e. The monoisotopic (exact) mass is 381 g/mol. The Morgan fingerprint density at radius 2 is 1.88 bits per heavy atom. The highest BCUT2D eigenvalue weighted by Gasteiger charge is 2.34. The summed E-state index contributed by atoms with van der Waals surface area (Å²) in [6, 6.07) is 8.10. The van der Waals surface area contributed by atoms with Crippen LogP contribution in [0.4, 0.5) is 5.69 Å². The van der Waals surface area contributed by atoms with Crippen LogP contribution < -0.4 is 15.0 Å². The van der Waals surface area contributed by atoms with Gasteiger partial charge in [0.25, 0.3) is 5.91 Å². The fourth-order valence-corrected chi connectivity index (χ4v) is 3.97. The Labute approximate surface area is 161 Å². The van der Waals surface area contributed by atoms with Gasteiger partial charge in [-0.05, 0) is 44.0 Å². The first-order valence-corrected chi connectivity index (χ1v) is 9.39. The van der Waals surface area contributed by atoms with Gasteiger partial charge in [0.2, 0.25) is 0 Å². The number of halogens is 1. The van der Waals surface area contributed by atoms with E-state index in [1.54, 1.807) is 0 Å². The molecule has 0 radical (unpaired) electrons. The molecule has 4 rings (SSSR count). The number of piperidine rings is 1. The number of nitrogens with one attached hydrogen (secondary N) is 1. The number of anilines is 1. The molecule has 3 aliphatic heterocycles. The lowest BCUT2D eigenvalue weighted by Gasteiger charge is -2.40. The van der Waals surface area contributed by atoms with E-state index in [1.165, 1.54) is 12.8 Å². The Balaban J connectivity index is 0.00000196. The van der Waals surface area contributed by atoms with Crippen LogP contribution in [0.5, 0.6) is 5.75 Å². The van der Waals surface area contributed by atoms with E-state index in [2.05, 4.69) is 16.3 Å². The third kappa shape index (κ3) is 4.24. The second kappa shape index (κ2) is 8.93. The van der Waals surface area contributed by atoms with Gasteiger partial charge in [-0.1, -0.05) is 12.1 Å². The Morgan fingerprint density at radius 1 is 1.15 bits per heavy atom. The minimum atomic E-state index is -0.422. The fourth-order valence-electron chi connectivity index (χ4n) is 3.97. The summed E-state index contributed by atoms with van der Waals surface area (Å²) in [4.78, 5) is 17.1. The van der Waals surface area contributed by atoms with Crippen LogP contribution in [0.1, 0.15) is 12.8 Å². The van der Waals surface area contributed by atoms with Crippen molar-refractivity contribution in [2.24, 2.45) is 5.92 Å². The van der Waals surface area contributed by atoms with Gasteiger partial charge in [0, 0.05) is 19.6 Å². The zero-order valence-corrected chi connectivity index (χ0v) is 15.9. The number of carbonyl (C=O) groups is 1. The van der Waals surface area contributed by atoms with E-state index in [9.17, 15) is 4.79 Å². The predicted molar refractivity (Wildman–Crippen MR) is 103 cm³/mol. The van der Waals surface area contributed by atoms with E-state index in [0.29, 0.717) is 38.8 Å². The Bertz CT molecular complexity index is 603. The molecule has 1 N–H and O–H groups in total. The molecule has 1 unspecified atom stereocenters. The number of hydrogen-bond donors (Lipinski definition) is 1. The van der Waals surface area contributed by atoms with Gasteiger partial charge in [-0.25, -0.2) is 0 Å². The molecular formula is C19H28ClN3O3. The summed E-state index contributed by atoms with van der Waals surface area (Å²) >= 11 is 0. The van der Waals surface area contributed by atoms with E-state index in [1.807, 2.05) is 23.1 Å². The molecule has 1 aromatic carbocycles. The minimum Gasteiger partial charge on any atom is -0.477 e. The zero-order valence-electron chi connectivity index (χ0n) is 15.1. The Morgan fingerprint density at radius 3 is 2.65 bits per heavy atom. The van der Waals surface area contributed by atoms with E-state index >= 15 is 0 Å². The second-order valence-corrected chi connectivity index (χ2v) is 7.11. The lowest BCUT2D eigenvalue weighted by molar-refractivity contribution is -0.142. The number of amides is 1. The van der Waals surface area contributed by atoms with Crippen molar-refractivity contribution in [1.29, 1.82) is 0 Å². The van der Waals surface area contributed by atoms with Crippen LogP contribution in [0.25, 0.3) is 0 Å². The average Bonchev–Trinajstić information content (AvgIpc) is 2.69. The van der Waals surface area contributed by atoms with Crippen molar-refractivity contribution in [2.75, 3.05) is 57.4 Å². The SMILES string of the molecule is Cl.O=C(C1CN(CC2CCNCC2)c2ccccc2O1)N1CCOCC1. The first-order valence-electron chi connectivity index (χ1n) is 9.39. The third-order valence-corrected chi connectivity index (χ3v) is 5.40. The van der Waals surface area contributed by atoms with Crippen LogP contribution in [0.15, 0.2) is 24.3 Å². The molecular weight excluding hydrogens is 354 g/mol. The first-order chi connectivity index (χ1) is 12.3. The number of benzene rings is 1. The molecule has 1 atom stereocenters. The molecule has 0 aliphatic carbocycles. The van der Waals surface area contributed by atoms with E-state index < -0.39 is 6.10 Å². The van der Waals surface area contributed by atoms with Gasteiger partial charge in [0.1, 0.15) is 5.75 Å². The number of para-hydroxylation sites is 2. The normalized spacial score (nSPS) is 23.6. The summed E-state index contributed by atoms with van der Waals surface area (Å²) < 4.78 is 11.4. The first kappa shape index (κ1) is 19.3. The quantitative estimate of drug-likeness (QED) is 0.860. The van der Waals surface area contributed by atoms with Crippen molar-refractivity contribution >= 4 is 24.0 Å². The molecule has 0 bridgehead atoms. The molecule has 0 aromatic heterocycles. The lowest BCUT2D eigenvalue weighted by atomic mass is 9.96.